The zero-order chi connectivity index (χ0) is 43.6. The van der Waals surface area contributed by atoms with E-state index in [2.05, 4.69) is 161 Å². The van der Waals surface area contributed by atoms with Gasteiger partial charge in [-0.3, -0.25) is 4.79 Å². The van der Waals surface area contributed by atoms with E-state index in [1.807, 2.05) is 54.6 Å². The van der Waals surface area contributed by atoms with E-state index in [0.717, 1.165) is 110 Å². The zero-order valence-corrected chi connectivity index (χ0v) is 35.3. The van der Waals surface area contributed by atoms with Crippen LogP contribution in [0.2, 0.25) is 0 Å². The molecule has 4 heterocycles. The number of hydrogen-bond donors (Lipinski definition) is 0. The Morgan fingerprint density at radius 1 is 0.470 bits per heavy atom. The van der Waals surface area contributed by atoms with Gasteiger partial charge in [0.1, 0.15) is 17.6 Å². The quantitative estimate of drug-likeness (QED) is 0.101. The number of ether oxygens (including phenoxy) is 1. The highest BCUT2D eigenvalue weighted by Crippen LogP contribution is 2.47. The van der Waals surface area contributed by atoms with Crippen molar-refractivity contribution in [2.24, 2.45) is 5.92 Å². The number of esters is 1. The van der Waals surface area contributed by atoms with E-state index in [0.29, 0.717) is 11.0 Å². The first kappa shape index (κ1) is 36.7. The second-order valence-corrected chi connectivity index (χ2v) is 17.4. The van der Waals surface area contributed by atoms with Crippen molar-refractivity contribution in [2.75, 3.05) is 0 Å². The third kappa shape index (κ3) is 5.24. The molecule has 2 atom stereocenters. The smallest absolute Gasteiger partial charge is 0.344 e. The molecule has 2 unspecified atom stereocenters. The van der Waals surface area contributed by atoms with Gasteiger partial charge in [-0.25, -0.2) is 4.79 Å². The predicted octanol–water partition coefficient (Wildman–Crippen LogP) is 13.9. The monoisotopic (exact) mass is 848 g/mol. The van der Waals surface area contributed by atoms with Gasteiger partial charge in [-0.2, -0.15) is 0 Å². The van der Waals surface area contributed by atoms with Crippen molar-refractivity contribution in [1.29, 1.82) is 0 Å². The van der Waals surface area contributed by atoms with Crippen LogP contribution >= 0.6 is 0 Å². The molecule has 3 aromatic heterocycles. The van der Waals surface area contributed by atoms with Crippen LogP contribution in [-0.2, 0) is 9.53 Å². The van der Waals surface area contributed by atoms with Crippen LogP contribution in [0.1, 0.15) is 5.56 Å². The normalized spacial score (nSPS) is 16.8. The average Bonchev–Trinajstić information content (AvgIpc) is 3.89. The summed E-state index contributed by atoms with van der Waals surface area (Å²) < 4.78 is 16.6. The van der Waals surface area contributed by atoms with E-state index in [-0.39, 0.29) is 17.7 Å². The molecule has 3 aliphatic rings. The Hall–Kier alpha value is -8.74. The first-order valence-electron chi connectivity index (χ1n) is 22.3. The Balaban J connectivity index is 1.06. The second-order valence-electron chi connectivity index (χ2n) is 17.4. The molecule has 6 nitrogen and oxygen atoms in total. The molecule has 11 aromatic rings. The van der Waals surface area contributed by atoms with Crippen molar-refractivity contribution in [3.63, 3.8) is 0 Å². The Morgan fingerprint density at radius 2 is 1.12 bits per heavy atom. The number of fused-ring (bicyclic) bond motifs is 14. The summed E-state index contributed by atoms with van der Waals surface area (Å²) in [4.78, 5) is 27.0. The van der Waals surface area contributed by atoms with Gasteiger partial charge in [0.05, 0.1) is 27.5 Å². The summed E-state index contributed by atoms with van der Waals surface area (Å²) in [5.41, 5.74) is 12.6. The lowest BCUT2D eigenvalue weighted by atomic mass is 9.81. The van der Waals surface area contributed by atoms with Crippen molar-refractivity contribution < 1.29 is 13.9 Å². The Kier molecular flexibility index (Phi) is 7.72. The van der Waals surface area contributed by atoms with Gasteiger partial charge in [-0.1, -0.05) is 152 Å². The molecule has 0 bridgehead atoms. The number of aromatic nitrogens is 2. The van der Waals surface area contributed by atoms with E-state index in [9.17, 15) is 9.59 Å². The van der Waals surface area contributed by atoms with Crippen molar-refractivity contribution in [2.45, 2.75) is 6.10 Å². The molecule has 0 radical (unpaired) electrons. The van der Waals surface area contributed by atoms with Crippen molar-refractivity contribution in [1.82, 2.24) is 9.13 Å². The first-order chi connectivity index (χ1) is 32.6. The molecule has 6 heteroatoms. The fraction of sp³-hybridized carbons (Fsp3) is 0.0333. The van der Waals surface area contributed by atoms with Gasteiger partial charge >= 0.3 is 11.6 Å². The maximum atomic E-state index is 13.6. The summed E-state index contributed by atoms with van der Waals surface area (Å²) in [6, 6.07) is 57.1. The van der Waals surface area contributed by atoms with Gasteiger partial charge in [0.2, 0.25) is 0 Å². The van der Waals surface area contributed by atoms with Crippen molar-refractivity contribution >= 4 is 87.7 Å². The summed E-state index contributed by atoms with van der Waals surface area (Å²) in [6.07, 6.45) is 13.9. The van der Waals surface area contributed by atoms with Gasteiger partial charge in [-0.05, 0) is 98.6 Å². The predicted molar refractivity (Wildman–Crippen MR) is 267 cm³/mol. The van der Waals surface area contributed by atoms with Gasteiger partial charge in [0, 0.05) is 43.9 Å². The molecule has 14 rings (SSSR count). The molecule has 0 spiro atoms. The molecule has 1 aliphatic heterocycles. The van der Waals surface area contributed by atoms with Crippen molar-refractivity contribution in [3.8, 4) is 22.5 Å². The molecule has 0 N–H and O–H groups in total. The SMILES string of the molecule is O=C1OC2C=CC=CC2=C2C=CC(c3cc4c(c5ccccc35)c3ccc5c6ccc(-c7ccc8c(c7)c(=O)oc7ccccc78)cc6n(-c6ccccc6)c5c3n4-c3ccccc3)=CC12. The lowest BCUT2D eigenvalue weighted by Crippen LogP contribution is -2.32. The van der Waals surface area contributed by atoms with Crippen molar-refractivity contribution in [3.05, 3.63) is 233 Å². The third-order valence-corrected chi connectivity index (χ3v) is 13.9. The van der Waals surface area contributed by atoms with E-state index >= 15 is 0 Å². The summed E-state index contributed by atoms with van der Waals surface area (Å²) in [5, 5.41) is 9.12. The minimum absolute atomic E-state index is 0.233. The number of benzene rings is 8. The number of hydrogen-bond acceptors (Lipinski definition) is 4. The minimum atomic E-state index is -0.500. The second kappa shape index (κ2) is 13.9. The van der Waals surface area contributed by atoms with Gasteiger partial charge < -0.3 is 18.3 Å². The van der Waals surface area contributed by atoms with E-state index in [4.69, 9.17) is 9.15 Å². The zero-order valence-electron chi connectivity index (χ0n) is 35.3. The fourth-order valence-electron chi connectivity index (χ4n) is 11.0. The van der Waals surface area contributed by atoms with Crippen LogP contribution in [0.3, 0.4) is 0 Å². The number of allylic oxidation sites excluding steroid dienone is 5. The summed E-state index contributed by atoms with van der Waals surface area (Å²) in [6.45, 7) is 0. The van der Waals surface area contributed by atoms with Crippen LogP contribution in [0.4, 0.5) is 0 Å². The number of carbonyl (C=O) groups excluding carboxylic acids is 1. The molecule has 0 amide bonds. The van der Waals surface area contributed by atoms with Crippen LogP contribution in [0.15, 0.2) is 227 Å². The largest absolute Gasteiger partial charge is 0.452 e. The molecular formula is C60H36N2O4. The third-order valence-electron chi connectivity index (χ3n) is 13.9. The first-order valence-corrected chi connectivity index (χ1v) is 22.3. The van der Waals surface area contributed by atoms with Gasteiger partial charge in [-0.15, -0.1) is 0 Å². The Labute approximate surface area is 377 Å². The maximum Gasteiger partial charge on any atom is 0.344 e. The van der Waals surface area contributed by atoms with Gasteiger partial charge in [0.15, 0.2) is 0 Å². The number of carbonyl (C=O) groups is 1. The topological polar surface area (TPSA) is 66.4 Å². The molecule has 2 aliphatic carbocycles. The van der Waals surface area contributed by atoms with Crippen LogP contribution < -0.4 is 5.63 Å². The lowest BCUT2D eigenvalue weighted by molar-refractivity contribution is -0.148. The van der Waals surface area contributed by atoms with E-state index in [1.54, 1.807) is 0 Å². The van der Waals surface area contributed by atoms with Crippen LogP contribution in [-0.4, -0.2) is 21.2 Å². The van der Waals surface area contributed by atoms with E-state index < -0.39 is 5.92 Å². The van der Waals surface area contributed by atoms with Gasteiger partial charge in [0.25, 0.3) is 0 Å². The standard InChI is InChI=1S/C60H36N2O4/c63-59-50-31-35(23-26-41(50)44-18-9-11-21-54(44)65-59)36-24-28-43-47-29-30-48-56-46-20-8-7-17-40(46)49(37-25-27-42-45-19-10-12-22-55(45)66-60(64)51(42)32-37)34-53(56)62(39-15-5-2-6-16-39)58(48)57(47)61(52(43)33-36)38-13-3-1-4-14-38/h1-34,51,55H. The number of para-hydroxylation sites is 3. The van der Waals surface area contributed by atoms with Crippen LogP contribution in [0.5, 0.6) is 0 Å². The van der Waals surface area contributed by atoms with E-state index in [1.165, 1.54) is 0 Å². The molecule has 0 saturated carbocycles. The Bertz CT molecular complexity index is 4180. The lowest BCUT2D eigenvalue weighted by Gasteiger charge is -2.31. The molecule has 310 valence electrons. The molecule has 8 aromatic carbocycles. The average molecular weight is 849 g/mol. The maximum absolute atomic E-state index is 13.6. The minimum Gasteiger partial charge on any atom is -0.452 e. The Morgan fingerprint density at radius 3 is 1.92 bits per heavy atom. The highest BCUT2D eigenvalue weighted by molar-refractivity contribution is 6.29. The molecular weight excluding hydrogens is 813 g/mol. The highest BCUT2D eigenvalue weighted by Gasteiger charge is 2.36. The fourth-order valence-corrected chi connectivity index (χ4v) is 11.0. The van der Waals surface area contributed by atoms with Crippen LogP contribution in [0, 0.1) is 5.92 Å². The molecule has 0 fully saturated rings. The molecule has 0 saturated heterocycles. The summed E-state index contributed by atoms with van der Waals surface area (Å²) in [5.74, 6) is -0.733. The number of nitrogens with zero attached hydrogens (tertiary/aromatic N) is 2. The van der Waals surface area contributed by atoms with Crippen LogP contribution in [0.25, 0.3) is 104 Å². The highest BCUT2D eigenvalue weighted by atomic mass is 16.5. The number of rotatable bonds is 4. The summed E-state index contributed by atoms with van der Waals surface area (Å²) in [7, 11) is 0. The molecule has 66 heavy (non-hydrogen) atoms. The summed E-state index contributed by atoms with van der Waals surface area (Å²) >= 11 is 0.